The molecule has 1 aliphatic heterocycles. The SMILES string of the molecule is CCCCCCCCCCCCCCCCCCCCCCCCCCCCCCCCCCCCCCCCCCCC(=O)NC(COC1OC(CO)C(O)C(O)C1O)C(O)CCCCCC. The number of amides is 1. The molecule has 1 amide bonds. The van der Waals surface area contributed by atoms with Crippen molar-refractivity contribution in [2.45, 2.75) is 358 Å². The van der Waals surface area contributed by atoms with Crippen LogP contribution in [-0.4, -0.2) is 87.5 Å². The van der Waals surface area contributed by atoms with E-state index in [2.05, 4.69) is 19.2 Å². The first-order valence-electron chi connectivity index (χ1n) is 30.2. The number of carbonyl (C=O) groups excluding carboxylic acids is 1. The van der Waals surface area contributed by atoms with Gasteiger partial charge in [-0.3, -0.25) is 4.79 Å². The number of aliphatic hydroxyl groups is 5. The molecule has 9 heteroatoms. The topological polar surface area (TPSA) is 149 Å². The van der Waals surface area contributed by atoms with Crippen molar-refractivity contribution >= 4 is 5.91 Å². The van der Waals surface area contributed by atoms with E-state index in [0.717, 1.165) is 44.9 Å². The monoisotopic (exact) mass is 968 g/mol. The van der Waals surface area contributed by atoms with E-state index in [1.165, 1.54) is 244 Å². The lowest BCUT2D eigenvalue weighted by Crippen LogP contribution is -2.60. The van der Waals surface area contributed by atoms with Crippen LogP contribution >= 0.6 is 0 Å². The zero-order valence-electron chi connectivity index (χ0n) is 45.2. The largest absolute Gasteiger partial charge is 0.394 e. The highest BCUT2D eigenvalue weighted by Crippen LogP contribution is 2.23. The fraction of sp³-hybridized carbons (Fsp3) is 0.983. The predicted octanol–water partition coefficient (Wildman–Crippen LogP) is 15.0. The first-order valence-corrected chi connectivity index (χ1v) is 30.2. The molecule has 1 saturated heterocycles. The van der Waals surface area contributed by atoms with Crippen molar-refractivity contribution in [2.75, 3.05) is 13.2 Å². The Labute approximate surface area is 421 Å². The zero-order valence-corrected chi connectivity index (χ0v) is 45.2. The Morgan fingerprint density at radius 3 is 1.04 bits per heavy atom. The number of unbranched alkanes of at least 4 members (excludes halogenated alkanes) is 43. The van der Waals surface area contributed by atoms with Crippen LogP contribution in [0, 0.1) is 0 Å². The summed E-state index contributed by atoms with van der Waals surface area (Å²) in [6.07, 6.45) is 54.2. The molecule has 7 unspecified atom stereocenters. The molecule has 1 heterocycles. The Kier molecular flexibility index (Phi) is 47.7. The van der Waals surface area contributed by atoms with Crippen molar-refractivity contribution in [2.24, 2.45) is 0 Å². The third-order valence-electron chi connectivity index (χ3n) is 15.0. The van der Waals surface area contributed by atoms with Crippen LogP contribution in [0.2, 0.25) is 0 Å². The lowest BCUT2D eigenvalue weighted by atomic mass is 9.99. The highest BCUT2D eigenvalue weighted by atomic mass is 16.7. The van der Waals surface area contributed by atoms with Gasteiger partial charge in [-0.1, -0.05) is 296 Å². The van der Waals surface area contributed by atoms with E-state index < -0.39 is 49.5 Å². The number of hydrogen-bond donors (Lipinski definition) is 6. The molecule has 68 heavy (non-hydrogen) atoms. The second-order valence-electron chi connectivity index (χ2n) is 21.5. The lowest BCUT2D eigenvalue weighted by Gasteiger charge is -2.40. The maximum absolute atomic E-state index is 12.9. The molecule has 1 aliphatic rings. The average Bonchev–Trinajstić information content (AvgIpc) is 3.34. The molecule has 1 rings (SSSR count). The number of nitrogens with one attached hydrogen (secondary N) is 1. The van der Waals surface area contributed by atoms with E-state index in [1.807, 2.05) is 0 Å². The van der Waals surface area contributed by atoms with E-state index in [4.69, 9.17) is 9.47 Å². The summed E-state index contributed by atoms with van der Waals surface area (Å²) in [6.45, 7) is 3.74. The molecule has 0 aromatic heterocycles. The Morgan fingerprint density at radius 2 is 0.735 bits per heavy atom. The van der Waals surface area contributed by atoms with Crippen molar-refractivity contribution in [3.05, 3.63) is 0 Å². The molecule has 0 aliphatic carbocycles. The predicted molar refractivity (Wildman–Crippen MR) is 286 cm³/mol. The van der Waals surface area contributed by atoms with Crippen molar-refractivity contribution in [1.82, 2.24) is 5.32 Å². The Hall–Kier alpha value is -0.810. The van der Waals surface area contributed by atoms with Crippen LogP contribution in [0.25, 0.3) is 0 Å². The highest BCUT2D eigenvalue weighted by molar-refractivity contribution is 5.76. The summed E-state index contributed by atoms with van der Waals surface area (Å²) in [7, 11) is 0. The molecule has 7 atom stereocenters. The lowest BCUT2D eigenvalue weighted by molar-refractivity contribution is -0.302. The zero-order chi connectivity index (χ0) is 49.4. The average molecular weight is 969 g/mol. The minimum atomic E-state index is -1.55. The van der Waals surface area contributed by atoms with Gasteiger partial charge in [0.15, 0.2) is 6.29 Å². The summed E-state index contributed by atoms with van der Waals surface area (Å²) in [5.41, 5.74) is 0. The van der Waals surface area contributed by atoms with E-state index in [-0.39, 0.29) is 12.5 Å². The Balaban J connectivity index is 1.86. The minimum absolute atomic E-state index is 0.136. The van der Waals surface area contributed by atoms with Crippen LogP contribution in [0.4, 0.5) is 0 Å². The van der Waals surface area contributed by atoms with Crippen LogP contribution in [0.1, 0.15) is 316 Å². The first kappa shape index (κ1) is 65.2. The molecule has 0 aromatic carbocycles. The fourth-order valence-corrected chi connectivity index (χ4v) is 10.2. The van der Waals surface area contributed by atoms with E-state index in [9.17, 15) is 30.3 Å². The van der Waals surface area contributed by atoms with E-state index in [1.54, 1.807) is 0 Å². The Morgan fingerprint density at radius 1 is 0.441 bits per heavy atom. The number of hydrogen-bond acceptors (Lipinski definition) is 8. The summed E-state index contributed by atoms with van der Waals surface area (Å²) >= 11 is 0. The molecule has 406 valence electrons. The van der Waals surface area contributed by atoms with Gasteiger partial charge >= 0.3 is 0 Å². The molecule has 0 aromatic rings. The fourth-order valence-electron chi connectivity index (χ4n) is 10.2. The first-order chi connectivity index (χ1) is 33.3. The summed E-state index contributed by atoms with van der Waals surface area (Å²) in [6, 6.07) is -0.709. The van der Waals surface area contributed by atoms with Gasteiger partial charge in [0.2, 0.25) is 5.91 Å². The maximum atomic E-state index is 12.9. The van der Waals surface area contributed by atoms with Crippen LogP contribution in [0.15, 0.2) is 0 Å². The van der Waals surface area contributed by atoms with Gasteiger partial charge in [-0.2, -0.15) is 0 Å². The molecule has 6 N–H and O–H groups in total. The third-order valence-corrected chi connectivity index (χ3v) is 15.0. The quantitative estimate of drug-likeness (QED) is 0.0330. The normalized spacial score (nSPS) is 19.4. The van der Waals surface area contributed by atoms with Gasteiger partial charge < -0.3 is 40.3 Å². The van der Waals surface area contributed by atoms with Gasteiger partial charge in [0, 0.05) is 6.42 Å². The van der Waals surface area contributed by atoms with Gasteiger partial charge in [0.05, 0.1) is 25.4 Å². The molecule has 1 fully saturated rings. The standard InChI is InChI=1S/C59H117NO8/c1-3-5-7-9-10-11-12-13-14-15-16-17-18-19-20-21-22-23-24-25-26-27-28-29-30-31-32-33-34-35-36-37-38-39-40-41-42-43-44-45-47-49-55(63)60-52(53(62)48-46-8-6-4-2)51-67-59-58(66)57(65)56(64)54(50-61)68-59/h52-54,56-59,61-62,64-66H,3-51H2,1-2H3,(H,60,63). The Bertz CT molecular complexity index is 1030. The van der Waals surface area contributed by atoms with Gasteiger partial charge in [-0.15, -0.1) is 0 Å². The molecular weight excluding hydrogens is 851 g/mol. The highest BCUT2D eigenvalue weighted by Gasteiger charge is 2.44. The van der Waals surface area contributed by atoms with E-state index in [0.29, 0.717) is 12.8 Å². The summed E-state index contributed by atoms with van der Waals surface area (Å²) < 4.78 is 11.2. The van der Waals surface area contributed by atoms with Crippen LogP contribution in [0.5, 0.6) is 0 Å². The second-order valence-corrected chi connectivity index (χ2v) is 21.5. The van der Waals surface area contributed by atoms with Crippen LogP contribution in [0.3, 0.4) is 0 Å². The minimum Gasteiger partial charge on any atom is -0.394 e. The number of ether oxygens (including phenoxy) is 2. The molecule has 0 spiro atoms. The molecular formula is C59H117NO8. The maximum Gasteiger partial charge on any atom is 0.220 e. The summed E-state index contributed by atoms with van der Waals surface area (Å²) in [5, 5.41) is 53.9. The molecule has 0 bridgehead atoms. The van der Waals surface area contributed by atoms with Crippen LogP contribution < -0.4 is 5.32 Å². The third kappa shape index (κ3) is 38.8. The number of rotatable bonds is 53. The van der Waals surface area contributed by atoms with Crippen molar-refractivity contribution in [3.63, 3.8) is 0 Å². The van der Waals surface area contributed by atoms with Crippen LogP contribution in [-0.2, 0) is 14.3 Å². The van der Waals surface area contributed by atoms with Crippen molar-refractivity contribution < 1.29 is 39.8 Å². The number of aliphatic hydroxyl groups excluding tert-OH is 5. The summed E-state index contributed by atoms with van der Waals surface area (Å²) in [4.78, 5) is 12.9. The van der Waals surface area contributed by atoms with Crippen molar-refractivity contribution in [1.29, 1.82) is 0 Å². The van der Waals surface area contributed by atoms with Crippen molar-refractivity contribution in [3.8, 4) is 0 Å². The molecule has 0 radical (unpaired) electrons. The number of carbonyl (C=O) groups is 1. The summed E-state index contributed by atoms with van der Waals surface area (Å²) in [5.74, 6) is -0.147. The molecule has 0 saturated carbocycles. The smallest absolute Gasteiger partial charge is 0.220 e. The van der Waals surface area contributed by atoms with Gasteiger partial charge in [-0.05, 0) is 12.8 Å². The second kappa shape index (κ2) is 49.8. The van der Waals surface area contributed by atoms with E-state index >= 15 is 0 Å². The van der Waals surface area contributed by atoms with Gasteiger partial charge in [0.1, 0.15) is 24.4 Å². The molecule has 9 nitrogen and oxygen atoms in total. The van der Waals surface area contributed by atoms with Gasteiger partial charge in [0.25, 0.3) is 0 Å². The van der Waals surface area contributed by atoms with Gasteiger partial charge in [-0.25, -0.2) is 0 Å².